The van der Waals surface area contributed by atoms with E-state index < -0.39 is 0 Å². The summed E-state index contributed by atoms with van der Waals surface area (Å²) in [4.78, 5) is 14.0. The molecule has 1 N–H and O–H groups in total. The Balaban J connectivity index is 1.81. The highest BCUT2D eigenvalue weighted by molar-refractivity contribution is 5.85. The first-order valence-electron chi connectivity index (χ1n) is 5.45. The van der Waals surface area contributed by atoms with Crippen molar-refractivity contribution in [3.05, 3.63) is 35.9 Å². The Labute approximate surface area is 89.1 Å². The summed E-state index contributed by atoms with van der Waals surface area (Å²) in [7, 11) is 0. The van der Waals surface area contributed by atoms with E-state index in [0.29, 0.717) is 12.7 Å². The van der Waals surface area contributed by atoms with Crippen LogP contribution >= 0.6 is 0 Å². The average molecular weight is 202 g/mol. The van der Waals surface area contributed by atoms with Gasteiger partial charge in [-0.3, -0.25) is 10.1 Å². The maximum atomic E-state index is 12.1. The zero-order chi connectivity index (χ0) is 10.3. The molecule has 1 saturated carbocycles. The van der Waals surface area contributed by atoms with Crippen LogP contribution < -0.4 is 5.32 Å². The van der Waals surface area contributed by atoms with Crippen molar-refractivity contribution in [2.75, 3.05) is 6.67 Å². The lowest BCUT2D eigenvalue weighted by Gasteiger charge is -2.13. The van der Waals surface area contributed by atoms with Gasteiger partial charge in [-0.25, -0.2) is 0 Å². The molecule has 1 aliphatic carbocycles. The van der Waals surface area contributed by atoms with E-state index in [0.717, 1.165) is 5.56 Å². The van der Waals surface area contributed by atoms with Crippen LogP contribution in [0.2, 0.25) is 0 Å². The smallest absolute Gasteiger partial charge is 0.245 e. The minimum absolute atomic E-state index is 0.119. The monoisotopic (exact) mass is 202 g/mol. The summed E-state index contributed by atoms with van der Waals surface area (Å²) in [6.45, 7) is 0.711. The topological polar surface area (TPSA) is 32.3 Å². The summed E-state index contributed by atoms with van der Waals surface area (Å²) in [6.07, 6.45) is 2.35. The van der Waals surface area contributed by atoms with Crippen LogP contribution in [0.3, 0.4) is 0 Å². The van der Waals surface area contributed by atoms with E-state index in [1.54, 1.807) is 0 Å². The molecule has 0 radical (unpaired) electrons. The fraction of sp³-hybridized carbons (Fsp3) is 0.417. The van der Waals surface area contributed by atoms with Crippen LogP contribution in [0.15, 0.2) is 30.3 Å². The van der Waals surface area contributed by atoms with E-state index >= 15 is 0 Å². The molecule has 0 bridgehead atoms. The van der Waals surface area contributed by atoms with Gasteiger partial charge in [-0.05, 0) is 18.4 Å². The number of carbonyl (C=O) groups excluding carboxylic acids is 1. The van der Waals surface area contributed by atoms with Gasteiger partial charge in [-0.15, -0.1) is 0 Å². The molecule has 1 heterocycles. The fourth-order valence-corrected chi connectivity index (χ4v) is 2.12. The van der Waals surface area contributed by atoms with Crippen LogP contribution in [0.1, 0.15) is 24.4 Å². The first-order valence-corrected chi connectivity index (χ1v) is 5.45. The predicted octanol–water partition coefficient (Wildman–Crippen LogP) is 1.28. The summed E-state index contributed by atoms with van der Waals surface area (Å²) >= 11 is 0. The van der Waals surface area contributed by atoms with Gasteiger partial charge in [0.15, 0.2) is 0 Å². The van der Waals surface area contributed by atoms with E-state index in [-0.39, 0.29) is 11.9 Å². The van der Waals surface area contributed by atoms with Crippen molar-refractivity contribution in [1.82, 2.24) is 10.2 Å². The molecular weight excluding hydrogens is 188 g/mol. The number of nitrogens with one attached hydrogen (secondary N) is 1. The van der Waals surface area contributed by atoms with Gasteiger partial charge in [0.05, 0.1) is 6.67 Å². The van der Waals surface area contributed by atoms with Crippen LogP contribution in [-0.4, -0.2) is 23.5 Å². The minimum Gasteiger partial charge on any atom is -0.325 e. The van der Waals surface area contributed by atoms with Crippen molar-refractivity contribution in [2.45, 2.75) is 24.9 Å². The van der Waals surface area contributed by atoms with Crippen molar-refractivity contribution in [1.29, 1.82) is 0 Å². The number of hydrogen-bond acceptors (Lipinski definition) is 2. The second-order valence-corrected chi connectivity index (χ2v) is 4.25. The van der Waals surface area contributed by atoms with Crippen LogP contribution in [0.4, 0.5) is 0 Å². The number of amides is 1. The van der Waals surface area contributed by atoms with E-state index in [1.165, 1.54) is 12.8 Å². The zero-order valence-corrected chi connectivity index (χ0v) is 8.52. The standard InChI is InChI=1S/C12H14N2O/c15-12-11(9-4-2-1-3-5-9)13-8-14(12)10-6-7-10/h1-5,10-11,13H,6-8H2. The molecule has 15 heavy (non-hydrogen) atoms. The second kappa shape index (κ2) is 3.35. The molecule has 3 rings (SSSR count). The van der Waals surface area contributed by atoms with Crippen LogP contribution in [-0.2, 0) is 4.79 Å². The third-order valence-corrected chi connectivity index (χ3v) is 3.12. The molecule has 1 saturated heterocycles. The van der Waals surface area contributed by atoms with Crippen molar-refractivity contribution in [3.63, 3.8) is 0 Å². The molecule has 1 aliphatic heterocycles. The summed E-state index contributed by atoms with van der Waals surface area (Å²) in [6, 6.07) is 10.3. The maximum absolute atomic E-state index is 12.1. The molecule has 3 heteroatoms. The van der Waals surface area contributed by atoms with E-state index in [9.17, 15) is 4.79 Å². The lowest BCUT2D eigenvalue weighted by molar-refractivity contribution is -0.129. The molecule has 0 aromatic heterocycles. The van der Waals surface area contributed by atoms with Gasteiger partial charge in [0.2, 0.25) is 5.91 Å². The molecule has 1 amide bonds. The second-order valence-electron chi connectivity index (χ2n) is 4.25. The minimum atomic E-state index is -0.119. The van der Waals surface area contributed by atoms with E-state index in [4.69, 9.17) is 0 Å². The predicted molar refractivity (Wildman–Crippen MR) is 57.1 cm³/mol. The summed E-state index contributed by atoms with van der Waals surface area (Å²) in [5, 5.41) is 3.27. The highest BCUT2D eigenvalue weighted by atomic mass is 16.2. The van der Waals surface area contributed by atoms with Crippen LogP contribution in [0.25, 0.3) is 0 Å². The Morgan fingerprint density at radius 3 is 2.60 bits per heavy atom. The maximum Gasteiger partial charge on any atom is 0.245 e. The number of carbonyl (C=O) groups is 1. The summed E-state index contributed by atoms with van der Waals surface area (Å²) < 4.78 is 0. The van der Waals surface area contributed by atoms with Gasteiger partial charge in [0.25, 0.3) is 0 Å². The third-order valence-electron chi connectivity index (χ3n) is 3.12. The molecule has 2 aliphatic rings. The van der Waals surface area contributed by atoms with Gasteiger partial charge >= 0.3 is 0 Å². The molecule has 1 unspecified atom stereocenters. The van der Waals surface area contributed by atoms with Gasteiger partial charge in [-0.1, -0.05) is 30.3 Å². The molecule has 1 aromatic carbocycles. The molecule has 78 valence electrons. The Morgan fingerprint density at radius 1 is 1.20 bits per heavy atom. The van der Waals surface area contributed by atoms with E-state index in [1.807, 2.05) is 35.2 Å². The van der Waals surface area contributed by atoms with Gasteiger partial charge in [0, 0.05) is 6.04 Å². The lowest BCUT2D eigenvalue weighted by atomic mass is 10.1. The van der Waals surface area contributed by atoms with Crippen molar-refractivity contribution < 1.29 is 4.79 Å². The van der Waals surface area contributed by atoms with E-state index in [2.05, 4.69) is 5.32 Å². The largest absolute Gasteiger partial charge is 0.325 e. The third kappa shape index (κ3) is 1.53. The highest BCUT2D eigenvalue weighted by Gasteiger charge is 2.40. The zero-order valence-electron chi connectivity index (χ0n) is 8.52. The number of rotatable bonds is 2. The SMILES string of the molecule is O=C1C(c2ccccc2)NCN1C1CC1. The van der Waals surface area contributed by atoms with Gasteiger partial charge in [0.1, 0.15) is 6.04 Å². The number of benzene rings is 1. The first kappa shape index (κ1) is 8.92. The number of hydrogen-bond donors (Lipinski definition) is 1. The Kier molecular flexibility index (Phi) is 1.99. The number of nitrogens with zero attached hydrogens (tertiary/aromatic N) is 1. The Hall–Kier alpha value is -1.35. The highest BCUT2D eigenvalue weighted by Crippen LogP contribution is 2.32. The Morgan fingerprint density at radius 2 is 1.93 bits per heavy atom. The van der Waals surface area contributed by atoms with Crippen molar-refractivity contribution in [2.24, 2.45) is 0 Å². The average Bonchev–Trinajstić information content (AvgIpc) is 3.04. The molecule has 2 fully saturated rings. The van der Waals surface area contributed by atoms with Crippen molar-refractivity contribution in [3.8, 4) is 0 Å². The molecule has 3 nitrogen and oxygen atoms in total. The molecule has 0 spiro atoms. The summed E-state index contributed by atoms with van der Waals surface area (Å²) in [5.74, 6) is 0.240. The van der Waals surface area contributed by atoms with Gasteiger partial charge < -0.3 is 4.90 Å². The first-order chi connectivity index (χ1) is 7.36. The quantitative estimate of drug-likeness (QED) is 0.783. The fourth-order valence-electron chi connectivity index (χ4n) is 2.12. The molecule has 1 aromatic rings. The molecular formula is C12H14N2O. The Bertz CT molecular complexity index is 372. The van der Waals surface area contributed by atoms with Crippen LogP contribution in [0.5, 0.6) is 0 Å². The lowest BCUT2D eigenvalue weighted by Crippen LogP contribution is -2.28. The van der Waals surface area contributed by atoms with Crippen molar-refractivity contribution >= 4 is 5.91 Å². The normalized spacial score (nSPS) is 26.0. The van der Waals surface area contributed by atoms with Crippen LogP contribution in [0, 0.1) is 0 Å². The summed E-state index contributed by atoms with van der Waals surface area (Å²) in [5.41, 5.74) is 1.07. The molecule has 1 atom stereocenters. The van der Waals surface area contributed by atoms with Gasteiger partial charge in [-0.2, -0.15) is 0 Å².